The third-order valence-electron chi connectivity index (χ3n) is 2.63. The predicted octanol–water partition coefficient (Wildman–Crippen LogP) is 4.14. The Morgan fingerprint density at radius 2 is 1.83 bits per heavy atom. The fourth-order valence-corrected chi connectivity index (χ4v) is 2.03. The SMILES string of the molecule is CCN(CC)C(=N)c1cc(C(F)(F)F)ccc1Br. The molecule has 1 aromatic rings. The van der Waals surface area contributed by atoms with E-state index in [0.717, 1.165) is 12.1 Å². The predicted molar refractivity (Wildman–Crippen MR) is 68.9 cm³/mol. The van der Waals surface area contributed by atoms with Crippen LogP contribution < -0.4 is 0 Å². The number of nitrogens with one attached hydrogen (secondary N) is 1. The lowest BCUT2D eigenvalue weighted by molar-refractivity contribution is -0.137. The van der Waals surface area contributed by atoms with Crippen LogP contribution in [-0.2, 0) is 6.18 Å². The molecule has 1 aromatic carbocycles. The molecule has 0 bridgehead atoms. The van der Waals surface area contributed by atoms with Gasteiger partial charge in [-0.2, -0.15) is 13.2 Å². The Bertz CT molecular complexity index is 439. The molecule has 0 unspecified atom stereocenters. The Morgan fingerprint density at radius 1 is 1.28 bits per heavy atom. The summed E-state index contributed by atoms with van der Waals surface area (Å²) in [5.74, 6) is 0.0953. The molecule has 0 saturated heterocycles. The first kappa shape index (κ1) is 15.0. The van der Waals surface area contributed by atoms with Gasteiger partial charge in [0.25, 0.3) is 0 Å². The van der Waals surface area contributed by atoms with Gasteiger partial charge in [-0.15, -0.1) is 0 Å². The molecule has 0 aliphatic rings. The molecule has 0 aliphatic carbocycles. The van der Waals surface area contributed by atoms with E-state index in [1.165, 1.54) is 6.07 Å². The van der Waals surface area contributed by atoms with Crippen LogP contribution in [0.1, 0.15) is 25.0 Å². The lowest BCUT2D eigenvalue weighted by Gasteiger charge is -2.23. The van der Waals surface area contributed by atoms with E-state index < -0.39 is 11.7 Å². The number of amidine groups is 1. The van der Waals surface area contributed by atoms with Crippen molar-refractivity contribution in [3.63, 3.8) is 0 Å². The number of alkyl halides is 3. The van der Waals surface area contributed by atoms with Crippen LogP contribution in [0.25, 0.3) is 0 Å². The minimum Gasteiger partial charge on any atom is -0.357 e. The van der Waals surface area contributed by atoms with Gasteiger partial charge in [-0.25, -0.2) is 0 Å². The summed E-state index contributed by atoms with van der Waals surface area (Å²) >= 11 is 3.19. The molecule has 0 radical (unpaired) electrons. The van der Waals surface area contributed by atoms with E-state index in [2.05, 4.69) is 15.9 Å². The van der Waals surface area contributed by atoms with Crippen LogP contribution in [0.2, 0.25) is 0 Å². The van der Waals surface area contributed by atoms with E-state index in [1.807, 2.05) is 13.8 Å². The summed E-state index contributed by atoms with van der Waals surface area (Å²) in [7, 11) is 0. The number of rotatable bonds is 3. The lowest BCUT2D eigenvalue weighted by Crippen LogP contribution is -2.31. The molecule has 100 valence electrons. The summed E-state index contributed by atoms with van der Waals surface area (Å²) in [4.78, 5) is 1.69. The molecule has 0 heterocycles. The molecule has 0 aromatic heterocycles. The number of hydrogen-bond acceptors (Lipinski definition) is 1. The second-order valence-electron chi connectivity index (χ2n) is 3.71. The standard InChI is InChI=1S/C12H14BrF3N2/c1-3-18(4-2)11(17)9-7-8(12(14,15)16)5-6-10(9)13/h5-7,17H,3-4H2,1-2H3. The van der Waals surface area contributed by atoms with Crippen LogP contribution in [0.4, 0.5) is 13.2 Å². The van der Waals surface area contributed by atoms with Crippen LogP contribution in [0, 0.1) is 5.41 Å². The van der Waals surface area contributed by atoms with Crippen molar-refractivity contribution in [2.45, 2.75) is 20.0 Å². The second-order valence-corrected chi connectivity index (χ2v) is 4.57. The Hall–Kier alpha value is -1.04. The van der Waals surface area contributed by atoms with Crippen molar-refractivity contribution in [2.75, 3.05) is 13.1 Å². The summed E-state index contributed by atoms with van der Waals surface area (Å²) in [6.45, 7) is 4.88. The molecule has 0 aliphatic heterocycles. The van der Waals surface area contributed by atoms with Crippen LogP contribution in [0.3, 0.4) is 0 Å². The number of benzene rings is 1. The maximum absolute atomic E-state index is 12.6. The molecule has 0 saturated carbocycles. The maximum atomic E-state index is 12.6. The Labute approximate surface area is 112 Å². The molecule has 6 heteroatoms. The van der Waals surface area contributed by atoms with E-state index in [1.54, 1.807) is 4.90 Å². The van der Waals surface area contributed by atoms with Gasteiger partial charge >= 0.3 is 6.18 Å². The van der Waals surface area contributed by atoms with E-state index in [4.69, 9.17) is 5.41 Å². The summed E-state index contributed by atoms with van der Waals surface area (Å²) in [5, 5.41) is 7.96. The molecule has 0 spiro atoms. The first-order valence-corrected chi connectivity index (χ1v) is 6.31. The first-order valence-electron chi connectivity index (χ1n) is 5.51. The summed E-state index contributed by atoms with van der Waals surface area (Å²) < 4.78 is 38.4. The Kier molecular flexibility index (Phi) is 4.78. The Balaban J connectivity index is 3.19. The van der Waals surface area contributed by atoms with E-state index >= 15 is 0 Å². The molecular formula is C12H14BrF3N2. The van der Waals surface area contributed by atoms with Gasteiger partial charge < -0.3 is 4.90 Å². The van der Waals surface area contributed by atoms with E-state index in [9.17, 15) is 13.2 Å². The highest BCUT2D eigenvalue weighted by Crippen LogP contribution is 2.32. The topological polar surface area (TPSA) is 27.1 Å². The minimum atomic E-state index is -4.39. The van der Waals surface area contributed by atoms with E-state index in [-0.39, 0.29) is 11.4 Å². The van der Waals surface area contributed by atoms with Crippen LogP contribution >= 0.6 is 15.9 Å². The third kappa shape index (κ3) is 3.25. The highest BCUT2D eigenvalue weighted by atomic mass is 79.9. The molecule has 0 amide bonds. The quantitative estimate of drug-likeness (QED) is 0.657. The molecule has 0 atom stereocenters. The molecule has 1 rings (SSSR count). The van der Waals surface area contributed by atoms with E-state index in [0.29, 0.717) is 17.6 Å². The smallest absolute Gasteiger partial charge is 0.357 e. The number of nitrogens with zero attached hydrogens (tertiary/aromatic N) is 1. The zero-order chi connectivity index (χ0) is 13.9. The molecule has 18 heavy (non-hydrogen) atoms. The van der Waals surface area contributed by atoms with Crippen molar-refractivity contribution in [3.8, 4) is 0 Å². The molecule has 1 N–H and O–H groups in total. The van der Waals surface area contributed by atoms with Crippen molar-refractivity contribution in [1.82, 2.24) is 4.90 Å². The van der Waals surface area contributed by atoms with Crippen molar-refractivity contribution in [3.05, 3.63) is 33.8 Å². The third-order valence-corrected chi connectivity index (χ3v) is 3.32. The van der Waals surface area contributed by atoms with Crippen LogP contribution in [0.15, 0.2) is 22.7 Å². The van der Waals surface area contributed by atoms with Crippen molar-refractivity contribution in [1.29, 1.82) is 5.41 Å². The lowest BCUT2D eigenvalue weighted by atomic mass is 10.1. The van der Waals surface area contributed by atoms with Gasteiger partial charge in [-0.1, -0.05) is 15.9 Å². The largest absolute Gasteiger partial charge is 0.416 e. The fourth-order valence-electron chi connectivity index (χ4n) is 1.59. The summed E-state index contributed by atoms with van der Waals surface area (Å²) in [6.07, 6.45) is -4.39. The van der Waals surface area contributed by atoms with Gasteiger partial charge in [-0.3, -0.25) is 5.41 Å². The number of halogens is 4. The zero-order valence-electron chi connectivity index (χ0n) is 10.1. The number of hydrogen-bond donors (Lipinski definition) is 1. The summed E-state index contributed by atoms with van der Waals surface area (Å²) in [6, 6.07) is 3.34. The van der Waals surface area contributed by atoms with Gasteiger partial charge in [0.05, 0.1) is 5.56 Å². The molecule has 2 nitrogen and oxygen atoms in total. The van der Waals surface area contributed by atoms with Crippen molar-refractivity contribution < 1.29 is 13.2 Å². The van der Waals surface area contributed by atoms with Gasteiger partial charge in [0.15, 0.2) is 0 Å². The maximum Gasteiger partial charge on any atom is 0.416 e. The van der Waals surface area contributed by atoms with Gasteiger partial charge in [0.2, 0.25) is 0 Å². The van der Waals surface area contributed by atoms with Gasteiger partial charge in [0.1, 0.15) is 5.84 Å². The van der Waals surface area contributed by atoms with Crippen molar-refractivity contribution >= 4 is 21.8 Å². The molecule has 0 fully saturated rings. The second kappa shape index (κ2) is 5.73. The fraction of sp³-hybridized carbons (Fsp3) is 0.417. The highest BCUT2D eigenvalue weighted by molar-refractivity contribution is 9.10. The molecular weight excluding hydrogens is 309 g/mol. The first-order chi connectivity index (χ1) is 8.31. The average molecular weight is 323 g/mol. The van der Waals surface area contributed by atoms with Gasteiger partial charge in [0, 0.05) is 23.1 Å². The normalized spacial score (nSPS) is 11.4. The highest BCUT2D eigenvalue weighted by Gasteiger charge is 2.31. The summed E-state index contributed by atoms with van der Waals surface area (Å²) in [5.41, 5.74) is -0.480. The van der Waals surface area contributed by atoms with Crippen LogP contribution in [0.5, 0.6) is 0 Å². The van der Waals surface area contributed by atoms with Crippen molar-refractivity contribution in [2.24, 2.45) is 0 Å². The average Bonchev–Trinajstić information content (AvgIpc) is 2.29. The minimum absolute atomic E-state index is 0.0953. The van der Waals surface area contributed by atoms with Gasteiger partial charge in [-0.05, 0) is 32.0 Å². The Morgan fingerprint density at radius 3 is 2.28 bits per heavy atom. The zero-order valence-corrected chi connectivity index (χ0v) is 11.7. The van der Waals surface area contributed by atoms with Crippen LogP contribution in [-0.4, -0.2) is 23.8 Å². The monoisotopic (exact) mass is 322 g/mol.